The van der Waals surface area contributed by atoms with Crippen LogP contribution >= 0.6 is 0 Å². The summed E-state index contributed by atoms with van der Waals surface area (Å²) in [6.07, 6.45) is -0.404. The highest BCUT2D eigenvalue weighted by molar-refractivity contribution is 5.77. The van der Waals surface area contributed by atoms with Crippen molar-refractivity contribution >= 4 is 11.9 Å². The summed E-state index contributed by atoms with van der Waals surface area (Å²) in [4.78, 5) is 14.0. The van der Waals surface area contributed by atoms with Gasteiger partial charge in [-0.2, -0.15) is 0 Å². The zero-order chi connectivity index (χ0) is 10.4. The molecule has 0 aliphatic rings. The van der Waals surface area contributed by atoms with E-state index in [-0.39, 0.29) is 5.96 Å². The van der Waals surface area contributed by atoms with Crippen molar-refractivity contribution in [3.8, 4) is 0 Å². The first-order chi connectivity index (χ1) is 5.99. The summed E-state index contributed by atoms with van der Waals surface area (Å²) >= 11 is 0. The monoisotopic (exact) mass is 189 g/mol. The van der Waals surface area contributed by atoms with Crippen LogP contribution in [-0.2, 0) is 4.79 Å². The SMILES string of the molecule is CCCC(N=C(N)N)[C@H](O)C(=O)O. The van der Waals surface area contributed by atoms with Gasteiger partial charge in [0, 0.05) is 0 Å². The molecule has 76 valence electrons. The first-order valence-electron chi connectivity index (χ1n) is 3.98. The van der Waals surface area contributed by atoms with Gasteiger partial charge in [0.2, 0.25) is 0 Å². The summed E-state index contributed by atoms with van der Waals surface area (Å²) < 4.78 is 0. The van der Waals surface area contributed by atoms with Crippen LogP contribution in [-0.4, -0.2) is 34.3 Å². The number of carboxylic acid groups (broad SMARTS) is 1. The van der Waals surface area contributed by atoms with E-state index in [1.54, 1.807) is 0 Å². The third kappa shape index (κ3) is 4.32. The summed E-state index contributed by atoms with van der Waals surface area (Å²) in [7, 11) is 0. The fraction of sp³-hybridized carbons (Fsp3) is 0.714. The predicted octanol–water partition coefficient (Wildman–Crippen LogP) is -1.13. The summed E-state index contributed by atoms with van der Waals surface area (Å²) in [5.74, 6) is -1.53. The number of aliphatic carboxylic acids is 1. The lowest BCUT2D eigenvalue weighted by molar-refractivity contribution is -0.147. The Morgan fingerprint density at radius 3 is 2.38 bits per heavy atom. The molecule has 0 saturated carbocycles. The molecular formula is C7H15N3O3. The standard InChI is InChI=1S/C7H15N3O3/c1-2-3-4(10-7(8)9)5(11)6(12)13/h4-5,11H,2-3H2,1H3,(H,12,13)(H4,8,9,10)/t4?,5-/m0/s1. The Morgan fingerprint density at radius 2 is 2.08 bits per heavy atom. The molecule has 0 heterocycles. The summed E-state index contributed by atoms with van der Waals surface area (Å²) in [5.41, 5.74) is 10.2. The molecular weight excluding hydrogens is 174 g/mol. The van der Waals surface area contributed by atoms with Crippen LogP contribution in [0.4, 0.5) is 0 Å². The number of aliphatic imine (C=N–C) groups is 1. The van der Waals surface area contributed by atoms with Gasteiger partial charge in [0.05, 0.1) is 6.04 Å². The molecule has 0 aromatic carbocycles. The second-order valence-electron chi connectivity index (χ2n) is 2.69. The van der Waals surface area contributed by atoms with E-state index in [2.05, 4.69) is 4.99 Å². The van der Waals surface area contributed by atoms with Crippen LogP contribution in [0.5, 0.6) is 0 Å². The van der Waals surface area contributed by atoms with Crippen LogP contribution in [0.15, 0.2) is 4.99 Å². The van der Waals surface area contributed by atoms with Crippen LogP contribution in [0.25, 0.3) is 0 Å². The molecule has 0 aliphatic heterocycles. The van der Waals surface area contributed by atoms with E-state index in [9.17, 15) is 4.79 Å². The predicted molar refractivity (Wildman–Crippen MR) is 48.1 cm³/mol. The minimum atomic E-state index is -1.54. The van der Waals surface area contributed by atoms with E-state index in [1.165, 1.54) is 0 Å². The molecule has 0 spiro atoms. The van der Waals surface area contributed by atoms with Crippen molar-refractivity contribution in [2.24, 2.45) is 16.5 Å². The second-order valence-corrected chi connectivity index (χ2v) is 2.69. The first kappa shape index (κ1) is 11.7. The Bertz CT molecular complexity index is 201. The number of hydrogen-bond acceptors (Lipinski definition) is 3. The minimum Gasteiger partial charge on any atom is -0.479 e. The Kier molecular flexibility index (Phi) is 4.83. The van der Waals surface area contributed by atoms with E-state index >= 15 is 0 Å². The molecule has 0 bridgehead atoms. The van der Waals surface area contributed by atoms with E-state index in [0.717, 1.165) is 0 Å². The van der Waals surface area contributed by atoms with E-state index in [1.807, 2.05) is 6.92 Å². The van der Waals surface area contributed by atoms with Gasteiger partial charge in [-0.05, 0) is 6.42 Å². The summed E-state index contributed by atoms with van der Waals surface area (Å²) in [6, 6.07) is -0.757. The molecule has 2 atom stereocenters. The average Bonchev–Trinajstić information content (AvgIpc) is 2.01. The molecule has 0 amide bonds. The second kappa shape index (κ2) is 5.36. The van der Waals surface area contributed by atoms with Gasteiger partial charge in [-0.3, -0.25) is 0 Å². The van der Waals surface area contributed by atoms with Crippen LogP contribution < -0.4 is 11.5 Å². The van der Waals surface area contributed by atoms with Crippen molar-refractivity contribution in [1.29, 1.82) is 0 Å². The molecule has 0 radical (unpaired) electrons. The molecule has 6 N–H and O–H groups in total. The lowest BCUT2D eigenvalue weighted by Crippen LogP contribution is -2.36. The number of guanidine groups is 1. The Morgan fingerprint density at radius 1 is 1.54 bits per heavy atom. The van der Waals surface area contributed by atoms with E-state index in [0.29, 0.717) is 12.8 Å². The van der Waals surface area contributed by atoms with Gasteiger partial charge in [-0.15, -0.1) is 0 Å². The highest BCUT2D eigenvalue weighted by Gasteiger charge is 2.24. The number of rotatable bonds is 5. The lowest BCUT2D eigenvalue weighted by atomic mass is 10.1. The van der Waals surface area contributed by atoms with Crippen LogP contribution in [0.3, 0.4) is 0 Å². The number of hydrogen-bond donors (Lipinski definition) is 4. The molecule has 0 aromatic heterocycles. The van der Waals surface area contributed by atoms with E-state index < -0.39 is 18.1 Å². The topological polar surface area (TPSA) is 122 Å². The van der Waals surface area contributed by atoms with Crippen molar-refractivity contribution in [2.45, 2.75) is 31.9 Å². The quantitative estimate of drug-likeness (QED) is 0.322. The maximum absolute atomic E-state index is 10.4. The van der Waals surface area contributed by atoms with Crippen molar-refractivity contribution < 1.29 is 15.0 Å². The molecule has 0 aliphatic carbocycles. The normalized spacial score (nSPS) is 14.6. The number of aliphatic hydroxyl groups excluding tert-OH is 1. The van der Waals surface area contributed by atoms with Gasteiger partial charge in [-0.25, -0.2) is 9.79 Å². The van der Waals surface area contributed by atoms with Gasteiger partial charge in [0.1, 0.15) is 0 Å². The molecule has 0 aromatic rings. The van der Waals surface area contributed by atoms with Crippen molar-refractivity contribution in [1.82, 2.24) is 0 Å². The van der Waals surface area contributed by atoms with Crippen molar-refractivity contribution in [3.63, 3.8) is 0 Å². The third-order valence-electron chi connectivity index (χ3n) is 1.52. The smallest absolute Gasteiger partial charge is 0.334 e. The van der Waals surface area contributed by atoms with Crippen molar-refractivity contribution in [2.75, 3.05) is 0 Å². The number of nitrogens with two attached hydrogens (primary N) is 2. The molecule has 13 heavy (non-hydrogen) atoms. The zero-order valence-corrected chi connectivity index (χ0v) is 7.47. The van der Waals surface area contributed by atoms with Gasteiger partial charge in [-0.1, -0.05) is 13.3 Å². The number of carboxylic acids is 1. The molecule has 6 heteroatoms. The van der Waals surface area contributed by atoms with Crippen LogP contribution in [0.1, 0.15) is 19.8 Å². The van der Waals surface area contributed by atoms with E-state index in [4.69, 9.17) is 21.7 Å². The maximum Gasteiger partial charge on any atom is 0.334 e. The molecule has 0 saturated heterocycles. The Balaban J connectivity index is 4.41. The zero-order valence-electron chi connectivity index (χ0n) is 7.47. The number of nitrogens with zero attached hydrogens (tertiary/aromatic N) is 1. The fourth-order valence-corrected chi connectivity index (χ4v) is 0.945. The Labute approximate surface area is 76.3 Å². The number of carbonyl (C=O) groups is 1. The molecule has 0 rings (SSSR count). The van der Waals surface area contributed by atoms with Gasteiger partial charge < -0.3 is 21.7 Å². The Hall–Kier alpha value is -1.30. The highest BCUT2D eigenvalue weighted by Crippen LogP contribution is 2.07. The lowest BCUT2D eigenvalue weighted by Gasteiger charge is -2.14. The number of aliphatic hydroxyl groups is 1. The summed E-state index contributed by atoms with van der Waals surface area (Å²) in [6.45, 7) is 1.85. The largest absolute Gasteiger partial charge is 0.479 e. The highest BCUT2D eigenvalue weighted by atomic mass is 16.4. The van der Waals surface area contributed by atoms with Gasteiger partial charge >= 0.3 is 5.97 Å². The van der Waals surface area contributed by atoms with Gasteiger partial charge in [0.25, 0.3) is 0 Å². The fourth-order valence-electron chi connectivity index (χ4n) is 0.945. The third-order valence-corrected chi connectivity index (χ3v) is 1.52. The molecule has 1 unspecified atom stereocenters. The maximum atomic E-state index is 10.4. The van der Waals surface area contributed by atoms with Crippen LogP contribution in [0.2, 0.25) is 0 Å². The van der Waals surface area contributed by atoms with Crippen molar-refractivity contribution in [3.05, 3.63) is 0 Å². The summed E-state index contributed by atoms with van der Waals surface area (Å²) in [5, 5.41) is 17.6. The average molecular weight is 189 g/mol. The molecule has 0 fully saturated rings. The van der Waals surface area contributed by atoms with Crippen LogP contribution in [0, 0.1) is 0 Å². The van der Waals surface area contributed by atoms with Gasteiger partial charge in [0.15, 0.2) is 12.1 Å². The minimum absolute atomic E-state index is 0.209. The molecule has 6 nitrogen and oxygen atoms in total. The first-order valence-corrected chi connectivity index (χ1v) is 3.98.